The predicted molar refractivity (Wildman–Crippen MR) is 82.3 cm³/mol. The van der Waals surface area contributed by atoms with Gasteiger partial charge in [-0.25, -0.2) is 0 Å². The lowest BCUT2D eigenvalue weighted by Crippen LogP contribution is -2.30. The molecule has 1 aliphatic carbocycles. The summed E-state index contributed by atoms with van der Waals surface area (Å²) in [6.45, 7) is 3.33. The smallest absolute Gasteiger partial charge is 0.0130 e. The number of hydrogen-bond donors (Lipinski definition) is 1. The summed E-state index contributed by atoms with van der Waals surface area (Å²) in [7, 11) is 0. The SMILES string of the molecule is CCNC(CCCc1ccc(I)cc1)C1CC1. The summed E-state index contributed by atoms with van der Waals surface area (Å²) in [5, 5.41) is 3.64. The van der Waals surface area contributed by atoms with Crippen molar-refractivity contribution in [2.45, 2.75) is 45.1 Å². The number of nitrogens with one attached hydrogen (secondary N) is 1. The van der Waals surface area contributed by atoms with Gasteiger partial charge in [-0.15, -0.1) is 0 Å². The minimum absolute atomic E-state index is 0.781. The zero-order chi connectivity index (χ0) is 12.1. The molecular weight excluding hydrogens is 321 g/mol. The second-order valence-electron chi connectivity index (χ2n) is 5.02. The van der Waals surface area contributed by atoms with Gasteiger partial charge in [-0.1, -0.05) is 19.1 Å². The van der Waals surface area contributed by atoms with E-state index in [0.29, 0.717) is 0 Å². The van der Waals surface area contributed by atoms with Crippen LogP contribution >= 0.6 is 22.6 Å². The van der Waals surface area contributed by atoms with Crippen molar-refractivity contribution in [3.63, 3.8) is 0 Å². The third-order valence-corrected chi connectivity index (χ3v) is 4.27. The lowest BCUT2D eigenvalue weighted by Gasteiger charge is -2.16. The molecule has 0 aromatic heterocycles. The van der Waals surface area contributed by atoms with Crippen LogP contribution in [0, 0.1) is 9.49 Å². The maximum Gasteiger partial charge on any atom is 0.0130 e. The Balaban J connectivity index is 1.72. The summed E-state index contributed by atoms with van der Waals surface area (Å²) < 4.78 is 1.33. The summed E-state index contributed by atoms with van der Waals surface area (Å²) in [5.41, 5.74) is 1.48. The summed E-state index contributed by atoms with van der Waals surface area (Å²) in [5.74, 6) is 0.978. The van der Waals surface area contributed by atoms with Crippen molar-refractivity contribution < 1.29 is 0 Å². The van der Waals surface area contributed by atoms with Crippen LogP contribution in [-0.2, 0) is 6.42 Å². The summed E-state index contributed by atoms with van der Waals surface area (Å²) in [6, 6.07) is 9.73. The van der Waals surface area contributed by atoms with Crippen LogP contribution in [0.5, 0.6) is 0 Å². The van der Waals surface area contributed by atoms with Gasteiger partial charge in [0.25, 0.3) is 0 Å². The molecular formula is C15H22IN. The lowest BCUT2D eigenvalue weighted by atomic mass is 10.0. The fraction of sp³-hybridized carbons (Fsp3) is 0.600. The number of halogens is 1. The molecule has 0 aliphatic heterocycles. The first-order valence-electron chi connectivity index (χ1n) is 6.77. The fourth-order valence-corrected chi connectivity index (χ4v) is 2.80. The first-order valence-corrected chi connectivity index (χ1v) is 7.85. The van der Waals surface area contributed by atoms with Crippen molar-refractivity contribution in [1.29, 1.82) is 0 Å². The molecule has 2 rings (SSSR count). The van der Waals surface area contributed by atoms with Crippen LogP contribution in [0.2, 0.25) is 0 Å². The molecule has 1 unspecified atom stereocenters. The van der Waals surface area contributed by atoms with Crippen molar-refractivity contribution in [3.8, 4) is 0 Å². The molecule has 0 amide bonds. The molecule has 1 aromatic carbocycles. The molecule has 0 bridgehead atoms. The molecule has 0 saturated heterocycles. The lowest BCUT2D eigenvalue weighted by molar-refractivity contribution is 0.434. The highest BCUT2D eigenvalue weighted by atomic mass is 127. The minimum Gasteiger partial charge on any atom is -0.314 e. The second kappa shape index (κ2) is 6.74. The monoisotopic (exact) mass is 343 g/mol. The predicted octanol–water partition coefficient (Wildman–Crippen LogP) is 4.00. The van der Waals surface area contributed by atoms with Crippen LogP contribution in [0.3, 0.4) is 0 Å². The van der Waals surface area contributed by atoms with E-state index in [4.69, 9.17) is 0 Å². The van der Waals surface area contributed by atoms with Crippen LogP contribution in [0.25, 0.3) is 0 Å². The van der Waals surface area contributed by atoms with Gasteiger partial charge < -0.3 is 5.32 Å². The van der Waals surface area contributed by atoms with Gasteiger partial charge in [0.05, 0.1) is 0 Å². The fourth-order valence-electron chi connectivity index (χ4n) is 2.44. The van der Waals surface area contributed by atoms with Crippen molar-refractivity contribution in [2.24, 2.45) is 5.92 Å². The van der Waals surface area contributed by atoms with Crippen LogP contribution in [0.4, 0.5) is 0 Å². The van der Waals surface area contributed by atoms with Gasteiger partial charge >= 0.3 is 0 Å². The molecule has 1 atom stereocenters. The maximum absolute atomic E-state index is 3.64. The first kappa shape index (κ1) is 13.3. The third-order valence-electron chi connectivity index (χ3n) is 3.55. The van der Waals surface area contributed by atoms with Crippen LogP contribution in [0.15, 0.2) is 24.3 Å². The highest BCUT2D eigenvalue weighted by molar-refractivity contribution is 14.1. The summed E-state index contributed by atoms with van der Waals surface area (Å²) >= 11 is 2.36. The summed E-state index contributed by atoms with van der Waals surface area (Å²) in [6.07, 6.45) is 6.77. The van der Waals surface area contributed by atoms with Crippen LogP contribution in [-0.4, -0.2) is 12.6 Å². The van der Waals surface area contributed by atoms with E-state index in [0.717, 1.165) is 18.5 Å². The maximum atomic E-state index is 3.64. The van der Waals surface area contributed by atoms with E-state index in [1.54, 1.807) is 0 Å². The molecule has 1 saturated carbocycles. The third kappa shape index (κ3) is 4.59. The Morgan fingerprint density at radius 3 is 2.59 bits per heavy atom. The highest BCUT2D eigenvalue weighted by Crippen LogP contribution is 2.34. The standard InChI is InChI=1S/C15H22IN/c1-2-17-15(13-8-9-13)5-3-4-12-6-10-14(16)11-7-12/h6-7,10-11,13,15,17H,2-5,8-9H2,1H3. The normalized spacial score (nSPS) is 17.1. The van der Waals surface area contributed by atoms with Crippen molar-refractivity contribution >= 4 is 22.6 Å². The van der Waals surface area contributed by atoms with Gasteiger partial charge in [0.2, 0.25) is 0 Å². The average molecular weight is 343 g/mol. The Hall–Kier alpha value is -0.0900. The average Bonchev–Trinajstić information content (AvgIpc) is 3.15. The zero-order valence-corrected chi connectivity index (χ0v) is 12.7. The number of hydrogen-bond acceptors (Lipinski definition) is 1. The molecule has 1 nitrogen and oxygen atoms in total. The molecule has 0 radical (unpaired) electrons. The van der Waals surface area contributed by atoms with E-state index in [9.17, 15) is 0 Å². The van der Waals surface area contributed by atoms with Crippen LogP contribution < -0.4 is 5.32 Å². The zero-order valence-electron chi connectivity index (χ0n) is 10.6. The molecule has 1 fully saturated rings. The van der Waals surface area contributed by atoms with Gasteiger partial charge in [-0.3, -0.25) is 0 Å². The molecule has 1 N–H and O–H groups in total. The van der Waals surface area contributed by atoms with Gasteiger partial charge in [0.15, 0.2) is 0 Å². The van der Waals surface area contributed by atoms with Gasteiger partial charge in [0, 0.05) is 9.61 Å². The quantitative estimate of drug-likeness (QED) is 0.738. The topological polar surface area (TPSA) is 12.0 Å². The Labute approximate surface area is 119 Å². The largest absolute Gasteiger partial charge is 0.314 e. The van der Waals surface area contributed by atoms with Crippen molar-refractivity contribution in [2.75, 3.05) is 6.54 Å². The molecule has 0 heterocycles. The van der Waals surface area contributed by atoms with Crippen molar-refractivity contribution in [1.82, 2.24) is 5.32 Å². The van der Waals surface area contributed by atoms with Crippen molar-refractivity contribution in [3.05, 3.63) is 33.4 Å². The number of rotatable bonds is 7. The number of aryl methyl sites for hydroxylation is 1. The minimum atomic E-state index is 0.781. The second-order valence-corrected chi connectivity index (χ2v) is 6.27. The summed E-state index contributed by atoms with van der Waals surface area (Å²) in [4.78, 5) is 0. The Morgan fingerprint density at radius 2 is 2.00 bits per heavy atom. The van der Waals surface area contributed by atoms with Gasteiger partial charge in [0.1, 0.15) is 0 Å². The van der Waals surface area contributed by atoms with E-state index in [1.165, 1.54) is 41.2 Å². The molecule has 94 valence electrons. The Bertz CT molecular complexity index is 329. The van der Waals surface area contributed by atoms with E-state index < -0.39 is 0 Å². The highest BCUT2D eigenvalue weighted by Gasteiger charge is 2.29. The molecule has 0 spiro atoms. The van der Waals surface area contributed by atoms with Crippen LogP contribution in [0.1, 0.15) is 38.2 Å². The van der Waals surface area contributed by atoms with E-state index in [-0.39, 0.29) is 0 Å². The van der Waals surface area contributed by atoms with Gasteiger partial charge in [-0.05, 0) is 84.9 Å². The number of benzene rings is 1. The molecule has 1 aliphatic rings. The Kier molecular flexibility index (Phi) is 5.29. The van der Waals surface area contributed by atoms with Gasteiger partial charge in [-0.2, -0.15) is 0 Å². The van der Waals surface area contributed by atoms with E-state index >= 15 is 0 Å². The molecule has 17 heavy (non-hydrogen) atoms. The molecule has 1 aromatic rings. The van der Waals surface area contributed by atoms with E-state index in [1.807, 2.05) is 0 Å². The first-order chi connectivity index (χ1) is 8.29. The Morgan fingerprint density at radius 1 is 1.29 bits per heavy atom. The molecule has 2 heteroatoms. The van der Waals surface area contributed by atoms with E-state index in [2.05, 4.69) is 59.1 Å².